The van der Waals surface area contributed by atoms with Gasteiger partial charge in [-0.25, -0.2) is 4.79 Å². The number of unbranched alkanes of at least 4 members (excludes halogenated alkanes) is 3. The van der Waals surface area contributed by atoms with Crippen molar-refractivity contribution in [3.05, 3.63) is 48.0 Å². The fraction of sp³-hybridized carbons (Fsp3) is 0.346. The molecule has 0 saturated carbocycles. The SMILES string of the molecule is COc1ccc2c(c1)c1c(n2CC(=O)NCCCCCCNC(=O)O)-c2ccccc2NC(=O)C1. The maximum Gasteiger partial charge on any atom is 0.404 e. The largest absolute Gasteiger partial charge is 0.497 e. The Balaban J connectivity index is 1.53. The molecule has 0 saturated heterocycles. The minimum Gasteiger partial charge on any atom is -0.497 e. The summed E-state index contributed by atoms with van der Waals surface area (Å²) >= 11 is 0. The molecular formula is C26H30N4O5. The van der Waals surface area contributed by atoms with Crippen molar-refractivity contribution in [2.45, 2.75) is 38.6 Å². The van der Waals surface area contributed by atoms with E-state index < -0.39 is 6.09 Å². The van der Waals surface area contributed by atoms with Gasteiger partial charge in [-0.15, -0.1) is 0 Å². The van der Waals surface area contributed by atoms with Crippen molar-refractivity contribution in [2.75, 3.05) is 25.5 Å². The maximum absolute atomic E-state index is 12.9. The van der Waals surface area contributed by atoms with Crippen molar-refractivity contribution >= 4 is 34.5 Å². The average Bonchev–Trinajstić information content (AvgIpc) is 3.02. The van der Waals surface area contributed by atoms with Crippen LogP contribution in [0.2, 0.25) is 0 Å². The number of aromatic nitrogens is 1. The molecule has 9 heteroatoms. The Bertz CT molecular complexity index is 1250. The molecule has 3 aromatic rings. The summed E-state index contributed by atoms with van der Waals surface area (Å²) in [4.78, 5) is 36.1. The molecule has 4 rings (SSSR count). The van der Waals surface area contributed by atoms with Gasteiger partial charge in [-0.1, -0.05) is 31.0 Å². The van der Waals surface area contributed by atoms with Crippen molar-refractivity contribution in [3.63, 3.8) is 0 Å². The van der Waals surface area contributed by atoms with Gasteiger partial charge in [-0.3, -0.25) is 9.59 Å². The van der Waals surface area contributed by atoms with Gasteiger partial charge >= 0.3 is 6.09 Å². The van der Waals surface area contributed by atoms with E-state index in [1.807, 2.05) is 47.0 Å². The number of amides is 3. The van der Waals surface area contributed by atoms with Crippen molar-refractivity contribution in [2.24, 2.45) is 0 Å². The van der Waals surface area contributed by atoms with E-state index in [9.17, 15) is 14.4 Å². The molecular weight excluding hydrogens is 448 g/mol. The van der Waals surface area contributed by atoms with Crippen LogP contribution in [0.25, 0.3) is 22.2 Å². The monoisotopic (exact) mass is 478 g/mol. The molecule has 0 aliphatic carbocycles. The van der Waals surface area contributed by atoms with E-state index in [4.69, 9.17) is 9.84 Å². The number of carbonyl (C=O) groups excluding carboxylic acids is 2. The number of carboxylic acid groups (broad SMARTS) is 1. The van der Waals surface area contributed by atoms with Gasteiger partial charge in [0.2, 0.25) is 11.8 Å². The van der Waals surface area contributed by atoms with Gasteiger partial charge in [-0.05, 0) is 42.7 Å². The van der Waals surface area contributed by atoms with Crippen LogP contribution in [0.5, 0.6) is 5.75 Å². The number of rotatable bonds is 10. The molecule has 184 valence electrons. The standard InChI is InChI=1S/C26H30N4O5/c1-35-17-10-11-22-19(14-17)20-15-23(31)29-21-9-5-4-8-18(21)25(20)30(22)16-24(32)27-12-6-2-3-7-13-28-26(33)34/h4-5,8-11,14,28H,2-3,6-7,12-13,15-16H2,1H3,(H,27,32)(H,29,31)(H,33,34). The van der Waals surface area contributed by atoms with Crippen LogP contribution < -0.4 is 20.7 Å². The second-order valence-corrected chi connectivity index (χ2v) is 8.56. The van der Waals surface area contributed by atoms with E-state index in [0.29, 0.717) is 18.8 Å². The van der Waals surface area contributed by atoms with E-state index >= 15 is 0 Å². The number of hydrogen-bond acceptors (Lipinski definition) is 4. The summed E-state index contributed by atoms with van der Waals surface area (Å²) in [6.07, 6.45) is 2.60. The summed E-state index contributed by atoms with van der Waals surface area (Å²) in [6, 6.07) is 13.4. The number of para-hydroxylation sites is 1. The van der Waals surface area contributed by atoms with E-state index in [0.717, 1.165) is 59.1 Å². The minimum atomic E-state index is -1.01. The summed E-state index contributed by atoms with van der Waals surface area (Å²) in [7, 11) is 1.61. The van der Waals surface area contributed by atoms with E-state index in [1.54, 1.807) is 7.11 Å². The minimum absolute atomic E-state index is 0.0962. The van der Waals surface area contributed by atoms with E-state index in [-0.39, 0.29) is 24.8 Å². The zero-order chi connectivity index (χ0) is 24.8. The number of ether oxygens (including phenoxy) is 1. The smallest absolute Gasteiger partial charge is 0.404 e. The molecule has 0 bridgehead atoms. The normalized spacial score (nSPS) is 12.3. The second-order valence-electron chi connectivity index (χ2n) is 8.56. The number of benzene rings is 2. The molecule has 0 spiro atoms. The Hall–Kier alpha value is -4.01. The molecule has 0 fully saturated rings. The van der Waals surface area contributed by atoms with Crippen LogP contribution in [-0.4, -0.2) is 47.8 Å². The Labute approximate surface area is 203 Å². The fourth-order valence-corrected chi connectivity index (χ4v) is 4.56. The number of fused-ring (bicyclic) bond motifs is 5. The highest BCUT2D eigenvalue weighted by Gasteiger charge is 2.27. The number of hydrogen-bond donors (Lipinski definition) is 4. The highest BCUT2D eigenvalue weighted by atomic mass is 16.5. The third kappa shape index (κ3) is 5.56. The van der Waals surface area contributed by atoms with Crippen LogP contribution in [0.3, 0.4) is 0 Å². The van der Waals surface area contributed by atoms with Crippen molar-refractivity contribution < 1.29 is 24.2 Å². The zero-order valence-corrected chi connectivity index (χ0v) is 19.7. The van der Waals surface area contributed by atoms with Crippen molar-refractivity contribution in [1.82, 2.24) is 15.2 Å². The van der Waals surface area contributed by atoms with Crippen molar-refractivity contribution in [1.29, 1.82) is 0 Å². The van der Waals surface area contributed by atoms with Crippen LogP contribution in [0.1, 0.15) is 31.2 Å². The molecule has 3 amide bonds. The van der Waals surface area contributed by atoms with Gasteiger partial charge in [-0.2, -0.15) is 0 Å². The third-order valence-electron chi connectivity index (χ3n) is 6.17. The first kappa shape index (κ1) is 24.1. The molecule has 2 heterocycles. The summed E-state index contributed by atoms with van der Waals surface area (Å²) in [5, 5.41) is 17.8. The van der Waals surface area contributed by atoms with Gasteiger partial charge in [0.25, 0.3) is 0 Å². The maximum atomic E-state index is 12.9. The lowest BCUT2D eigenvalue weighted by Gasteiger charge is -2.14. The van der Waals surface area contributed by atoms with Gasteiger partial charge in [0.1, 0.15) is 12.3 Å². The lowest BCUT2D eigenvalue weighted by atomic mass is 10.0. The van der Waals surface area contributed by atoms with Gasteiger partial charge in [0.05, 0.1) is 24.9 Å². The molecule has 1 aliphatic heterocycles. The number of nitrogens with zero attached hydrogens (tertiary/aromatic N) is 1. The summed E-state index contributed by atoms with van der Waals surface area (Å²) in [5.74, 6) is 0.494. The predicted octanol–water partition coefficient (Wildman–Crippen LogP) is 3.76. The molecule has 2 aromatic carbocycles. The van der Waals surface area contributed by atoms with Crippen LogP contribution in [0.15, 0.2) is 42.5 Å². The Morgan fingerprint density at radius 3 is 2.54 bits per heavy atom. The number of methoxy groups -OCH3 is 1. The first-order chi connectivity index (χ1) is 17.0. The van der Waals surface area contributed by atoms with Gasteiger partial charge in [0, 0.05) is 29.6 Å². The Kier molecular flexibility index (Phi) is 7.54. The molecule has 1 aliphatic rings. The van der Waals surface area contributed by atoms with Gasteiger partial charge in [0.15, 0.2) is 0 Å². The summed E-state index contributed by atoms with van der Waals surface area (Å²) in [6.45, 7) is 1.12. The van der Waals surface area contributed by atoms with Crippen LogP contribution in [-0.2, 0) is 22.6 Å². The molecule has 9 nitrogen and oxygen atoms in total. The molecule has 0 atom stereocenters. The molecule has 0 radical (unpaired) electrons. The zero-order valence-electron chi connectivity index (χ0n) is 19.7. The molecule has 0 unspecified atom stereocenters. The summed E-state index contributed by atoms with van der Waals surface area (Å²) < 4.78 is 7.40. The number of anilines is 1. The number of nitrogens with one attached hydrogen (secondary N) is 3. The highest BCUT2D eigenvalue weighted by Crippen LogP contribution is 2.40. The average molecular weight is 479 g/mol. The van der Waals surface area contributed by atoms with Crippen LogP contribution in [0, 0.1) is 0 Å². The lowest BCUT2D eigenvalue weighted by molar-refractivity contribution is -0.121. The fourth-order valence-electron chi connectivity index (χ4n) is 4.56. The Morgan fingerprint density at radius 2 is 1.80 bits per heavy atom. The second kappa shape index (κ2) is 10.9. The van der Waals surface area contributed by atoms with Crippen molar-refractivity contribution in [3.8, 4) is 17.0 Å². The first-order valence-electron chi connectivity index (χ1n) is 11.8. The van der Waals surface area contributed by atoms with Crippen LogP contribution in [0.4, 0.5) is 10.5 Å². The molecule has 1 aromatic heterocycles. The Morgan fingerprint density at radius 1 is 1.06 bits per heavy atom. The van der Waals surface area contributed by atoms with E-state index in [1.165, 1.54) is 0 Å². The molecule has 4 N–H and O–H groups in total. The number of carbonyl (C=O) groups is 3. The lowest BCUT2D eigenvalue weighted by Crippen LogP contribution is -2.28. The topological polar surface area (TPSA) is 122 Å². The van der Waals surface area contributed by atoms with E-state index in [2.05, 4.69) is 16.0 Å². The van der Waals surface area contributed by atoms with Gasteiger partial charge < -0.3 is 30.4 Å². The first-order valence-corrected chi connectivity index (χ1v) is 11.8. The highest BCUT2D eigenvalue weighted by molar-refractivity contribution is 6.06. The quantitative estimate of drug-likeness (QED) is 0.331. The predicted molar refractivity (Wildman–Crippen MR) is 134 cm³/mol. The van der Waals surface area contributed by atoms with Crippen LogP contribution >= 0.6 is 0 Å². The summed E-state index contributed by atoms with van der Waals surface area (Å²) in [5.41, 5.74) is 4.23. The molecule has 35 heavy (non-hydrogen) atoms. The third-order valence-corrected chi connectivity index (χ3v) is 6.17.